The molecule has 15 heteroatoms. The van der Waals surface area contributed by atoms with Gasteiger partial charge in [-0.15, -0.1) is 0 Å². The van der Waals surface area contributed by atoms with Crippen molar-refractivity contribution in [2.24, 2.45) is 23.7 Å². The fourth-order valence-electron chi connectivity index (χ4n) is 5.43. The summed E-state index contributed by atoms with van der Waals surface area (Å²) in [7, 11) is -8.67. The number of rotatable bonds is 18. The van der Waals surface area contributed by atoms with Gasteiger partial charge in [0.15, 0.2) is 5.78 Å². The summed E-state index contributed by atoms with van der Waals surface area (Å²) in [6, 6.07) is 3.71. The summed E-state index contributed by atoms with van der Waals surface area (Å²) < 4.78 is 58.4. The van der Waals surface area contributed by atoms with Crippen molar-refractivity contribution in [1.29, 1.82) is 0 Å². The van der Waals surface area contributed by atoms with E-state index in [0.717, 1.165) is 24.3 Å². The summed E-state index contributed by atoms with van der Waals surface area (Å²) in [5, 5.41) is 24.8. The number of carbonyl (C=O) groups is 1. The van der Waals surface area contributed by atoms with Crippen LogP contribution in [0.25, 0.3) is 11.1 Å². The van der Waals surface area contributed by atoms with Crippen molar-refractivity contribution in [1.82, 2.24) is 8.61 Å². The van der Waals surface area contributed by atoms with Crippen LogP contribution in [0.5, 0.6) is 0 Å². The number of nitro benzene ring substituents is 2. The van der Waals surface area contributed by atoms with Crippen LogP contribution >= 0.6 is 0 Å². The fraction of sp³-hybridized carbons (Fsp3) is 0.606. The van der Waals surface area contributed by atoms with Crippen LogP contribution in [-0.4, -0.2) is 67.3 Å². The molecule has 0 aliphatic heterocycles. The van der Waals surface area contributed by atoms with Crippen molar-refractivity contribution in [2.75, 3.05) is 26.2 Å². The van der Waals surface area contributed by atoms with Gasteiger partial charge < -0.3 is 0 Å². The monoisotopic (exact) mass is 708 g/mol. The molecular formula is C33H48N4O9S2. The smallest absolute Gasteiger partial charge is 0.279 e. The number of benzene rings is 2. The van der Waals surface area contributed by atoms with E-state index in [-0.39, 0.29) is 49.9 Å². The largest absolute Gasteiger partial charge is 0.289 e. The van der Waals surface area contributed by atoms with Gasteiger partial charge in [0.25, 0.3) is 11.4 Å². The highest BCUT2D eigenvalue weighted by molar-refractivity contribution is 7.89. The number of nitro groups is 2. The van der Waals surface area contributed by atoms with E-state index in [1.165, 1.54) is 8.61 Å². The first-order chi connectivity index (χ1) is 22.2. The Labute approximate surface area is 284 Å². The van der Waals surface area contributed by atoms with Crippen LogP contribution in [0.2, 0.25) is 0 Å². The molecule has 2 aromatic rings. The van der Waals surface area contributed by atoms with E-state index in [4.69, 9.17) is 0 Å². The molecule has 48 heavy (non-hydrogen) atoms. The van der Waals surface area contributed by atoms with Crippen molar-refractivity contribution in [3.8, 4) is 11.1 Å². The van der Waals surface area contributed by atoms with E-state index in [0.29, 0.717) is 25.7 Å². The highest BCUT2D eigenvalue weighted by atomic mass is 32.2. The van der Waals surface area contributed by atoms with E-state index >= 15 is 0 Å². The third-order valence-corrected chi connectivity index (χ3v) is 12.2. The van der Waals surface area contributed by atoms with Gasteiger partial charge in [0.1, 0.15) is 0 Å². The lowest BCUT2D eigenvalue weighted by Crippen LogP contribution is -2.34. The molecule has 0 heterocycles. The molecule has 0 aromatic heterocycles. The van der Waals surface area contributed by atoms with Crippen LogP contribution in [0.4, 0.5) is 11.4 Å². The summed E-state index contributed by atoms with van der Waals surface area (Å²) in [5.41, 5.74) is -3.19. The molecule has 3 rings (SSSR count). The summed E-state index contributed by atoms with van der Waals surface area (Å²) in [6.45, 7) is 16.2. The molecule has 0 amide bonds. The lowest BCUT2D eigenvalue weighted by atomic mass is 10.0. The second-order valence-corrected chi connectivity index (χ2v) is 18.0. The van der Waals surface area contributed by atoms with Gasteiger partial charge in [-0.1, -0.05) is 55.4 Å². The second-order valence-electron chi connectivity index (χ2n) is 14.1. The Balaban J connectivity index is 2.26. The van der Waals surface area contributed by atoms with Gasteiger partial charge in [-0.2, -0.15) is 8.61 Å². The first kappa shape index (κ1) is 39.2. The Morgan fingerprint density at radius 2 is 0.833 bits per heavy atom. The van der Waals surface area contributed by atoms with Crippen LogP contribution in [0.1, 0.15) is 97.0 Å². The van der Waals surface area contributed by atoms with Gasteiger partial charge in [-0.05, 0) is 61.5 Å². The first-order valence-corrected chi connectivity index (χ1v) is 19.3. The minimum atomic E-state index is -4.34. The van der Waals surface area contributed by atoms with Gasteiger partial charge in [-0.3, -0.25) is 25.0 Å². The molecule has 0 spiro atoms. The van der Waals surface area contributed by atoms with Crippen LogP contribution in [-0.2, 0) is 20.0 Å². The maximum atomic E-state index is 14.0. The molecule has 2 aromatic carbocycles. The normalized spacial score (nSPS) is 13.4. The summed E-state index contributed by atoms with van der Waals surface area (Å²) in [5.74, 6) is -0.239. The van der Waals surface area contributed by atoms with Gasteiger partial charge in [0.05, 0.1) is 30.8 Å². The lowest BCUT2D eigenvalue weighted by molar-refractivity contribution is -0.386. The van der Waals surface area contributed by atoms with E-state index < -0.39 is 79.1 Å². The summed E-state index contributed by atoms with van der Waals surface area (Å²) in [4.78, 5) is 36.1. The highest BCUT2D eigenvalue weighted by Crippen LogP contribution is 2.49. The maximum absolute atomic E-state index is 14.0. The summed E-state index contributed by atoms with van der Waals surface area (Å²) >= 11 is 0. The SMILES string of the molecule is CC(C)CCN(CCC(C)C)S(=O)(=O)c1cc2c(c([N+](=O)[O-])c1)-c1c(cc(S(=O)(=O)N(CCC(C)C)CCC(C)C)cc1[N+](=O)[O-])C2=O. The zero-order valence-corrected chi connectivity index (χ0v) is 30.7. The fourth-order valence-corrected chi connectivity index (χ4v) is 8.46. The molecule has 0 bridgehead atoms. The van der Waals surface area contributed by atoms with Crippen LogP contribution in [0.15, 0.2) is 34.1 Å². The van der Waals surface area contributed by atoms with Crippen LogP contribution in [0.3, 0.4) is 0 Å². The molecule has 0 fully saturated rings. The first-order valence-electron chi connectivity index (χ1n) is 16.4. The molecule has 0 N–H and O–H groups in total. The Kier molecular flexibility index (Phi) is 12.7. The number of ketones is 1. The number of fused-ring (bicyclic) bond motifs is 3. The average Bonchev–Trinajstić information content (AvgIpc) is 3.26. The molecule has 266 valence electrons. The number of sulfonamides is 2. The van der Waals surface area contributed by atoms with Crippen molar-refractivity contribution < 1.29 is 31.5 Å². The van der Waals surface area contributed by atoms with E-state index in [1.54, 1.807) is 0 Å². The molecular weight excluding hydrogens is 661 g/mol. The predicted molar refractivity (Wildman–Crippen MR) is 184 cm³/mol. The molecule has 0 saturated carbocycles. The van der Waals surface area contributed by atoms with E-state index in [1.807, 2.05) is 55.4 Å². The molecule has 0 atom stereocenters. The number of hydrogen-bond donors (Lipinski definition) is 0. The van der Waals surface area contributed by atoms with Crippen LogP contribution in [0, 0.1) is 43.9 Å². The molecule has 0 radical (unpaired) electrons. The van der Waals surface area contributed by atoms with Crippen molar-refractivity contribution >= 4 is 37.2 Å². The molecule has 1 aliphatic carbocycles. The molecule has 1 aliphatic rings. The second kappa shape index (κ2) is 15.5. The minimum absolute atomic E-state index is 0.155. The Morgan fingerprint density at radius 1 is 0.562 bits per heavy atom. The third-order valence-electron chi connectivity index (χ3n) is 8.41. The number of carbonyl (C=O) groups excluding carboxylic acids is 1. The van der Waals surface area contributed by atoms with Crippen LogP contribution < -0.4 is 0 Å². The Bertz CT molecular complexity index is 1620. The molecule has 0 unspecified atom stereocenters. The third kappa shape index (κ3) is 8.65. The van der Waals surface area contributed by atoms with Crippen molar-refractivity contribution in [3.63, 3.8) is 0 Å². The zero-order valence-electron chi connectivity index (χ0n) is 29.1. The Morgan fingerprint density at radius 3 is 1.06 bits per heavy atom. The highest BCUT2D eigenvalue weighted by Gasteiger charge is 2.43. The van der Waals surface area contributed by atoms with Crippen molar-refractivity contribution in [2.45, 2.75) is 90.9 Å². The van der Waals surface area contributed by atoms with E-state index in [2.05, 4.69) is 0 Å². The topological polar surface area (TPSA) is 178 Å². The van der Waals surface area contributed by atoms with E-state index in [9.17, 15) is 41.9 Å². The average molecular weight is 709 g/mol. The van der Waals surface area contributed by atoms with Gasteiger partial charge in [0.2, 0.25) is 20.0 Å². The summed E-state index contributed by atoms with van der Waals surface area (Å²) in [6.07, 6.45) is 2.13. The lowest BCUT2D eigenvalue weighted by Gasteiger charge is -2.24. The molecule has 0 saturated heterocycles. The standard InChI is InChI=1S/C33H48N4O9S2/c1-21(2)9-13-34(14-10-22(3)4)47(43,44)25-17-27-31(29(19-25)36(39)40)32-28(33(27)38)18-26(20-30(32)37(41)42)48(45,46)35(15-11-23(5)6)16-12-24(7)8/h17-24H,9-16H2,1-8H3. The predicted octanol–water partition coefficient (Wildman–Crippen LogP) is 6.88. The number of nitrogens with zero attached hydrogens (tertiary/aromatic N) is 4. The zero-order chi connectivity index (χ0) is 36.3. The molecule has 13 nitrogen and oxygen atoms in total. The van der Waals surface area contributed by atoms with Crippen molar-refractivity contribution in [3.05, 3.63) is 55.6 Å². The van der Waals surface area contributed by atoms with Gasteiger partial charge in [-0.25, -0.2) is 16.8 Å². The maximum Gasteiger partial charge on any atom is 0.279 e. The number of hydrogen-bond acceptors (Lipinski definition) is 9. The van der Waals surface area contributed by atoms with Gasteiger partial charge >= 0.3 is 0 Å². The Hall–Kier alpha value is -3.27. The quantitative estimate of drug-likeness (QED) is 0.101. The van der Waals surface area contributed by atoms with Gasteiger partial charge in [0, 0.05) is 49.4 Å². The minimum Gasteiger partial charge on any atom is -0.289 e.